The van der Waals surface area contributed by atoms with Crippen molar-refractivity contribution in [3.63, 3.8) is 0 Å². The first-order valence-electron chi connectivity index (χ1n) is 18.3. The Morgan fingerprint density at radius 1 is 0.593 bits per heavy atom. The highest BCUT2D eigenvalue weighted by Crippen LogP contribution is 2.42. The Morgan fingerprint density at radius 3 is 1.78 bits per heavy atom. The van der Waals surface area contributed by atoms with Crippen molar-refractivity contribution in [2.24, 2.45) is 21.1 Å². The Balaban J connectivity index is 1.18. The Hall–Kier alpha value is -6.98. The van der Waals surface area contributed by atoms with Crippen LogP contribution in [0.1, 0.15) is 25.0 Å². The summed E-state index contributed by atoms with van der Waals surface area (Å²) in [6, 6.07) is 52.5. The number of benzene rings is 6. The lowest BCUT2D eigenvalue weighted by molar-refractivity contribution is 0.661. The number of amidine groups is 2. The molecule has 0 fully saturated rings. The van der Waals surface area contributed by atoms with Crippen molar-refractivity contribution in [2.75, 3.05) is 0 Å². The molecule has 0 saturated carbocycles. The Kier molecular flexibility index (Phi) is 8.24. The van der Waals surface area contributed by atoms with Gasteiger partial charge >= 0.3 is 0 Å². The lowest BCUT2D eigenvalue weighted by atomic mass is 9.83. The SMILES string of the molecule is C/C(=C\N=C(N=C(N)c1ccccc1)c1ccccc1)C1(C)C=CC=C(n2c3ccccc3c3ccc4c5ccccc5n(-c5ccccc5)c4c32)C=C1. The fourth-order valence-electron chi connectivity index (χ4n) is 7.58. The summed E-state index contributed by atoms with van der Waals surface area (Å²) in [7, 11) is 0. The van der Waals surface area contributed by atoms with Crippen molar-refractivity contribution >= 4 is 61.0 Å². The predicted molar refractivity (Wildman–Crippen MR) is 228 cm³/mol. The summed E-state index contributed by atoms with van der Waals surface area (Å²) in [5, 5.41) is 4.90. The molecule has 5 heteroatoms. The van der Waals surface area contributed by atoms with Gasteiger partial charge < -0.3 is 14.9 Å². The number of para-hydroxylation sites is 3. The van der Waals surface area contributed by atoms with Crippen LogP contribution in [0.3, 0.4) is 0 Å². The van der Waals surface area contributed by atoms with Crippen LogP contribution in [0.25, 0.3) is 55.0 Å². The third-order valence-electron chi connectivity index (χ3n) is 10.6. The van der Waals surface area contributed by atoms with Gasteiger partial charge in [0, 0.05) is 55.7 Å². The van der Waals surface area contributed by atoms with E-state index in [0.29, 0.717) is 11.7 Å². The molecule has 1 atom stereocenters. The second kappa shape index (κ2) is 13.5. The summed E-state index contributed by atoms with van der Waals surface area (Å²) in [4.78, 5) is 9.75. The first-order chi connectivity index (χ1) is 26.5. The van der Waals surface area contributed by atoms with Crippen LogP contribution >= 0.6 is 0 Å². The van der Waals surface area contributed by atoms with Gasteiger partial charge in [0.15, 0.2) is 5.84 Å². The molecule has 1 aliphatic rings. The molecule has 0 amide bonds. The van der Waals surface area contributed by atoms with Crippen LogP contribution in [0.5, 0.6) is 0 Å². The van der Waals surface area contributed by atoms with Crippen molar-refractivity contribution in [2.45, 2.75) is 13.8 Å². The van der Waals surface area contributed by atoms with Gasteiger partial charge in [-0.2, -0.15) is 0 Å². The van der Waals surface area contributed by atoms with Gasteiger partial charge in [-0.05, 0) is 55.8 Å². The number of aromatic nitrogens is 2. The van der Waals surface area contributed by atoms with Gasteiger partial charge in [-0.1, -0.05) is 146 Å². The molecule has 6 aromatic carbocycles. The van der Waals surface area contributed by atoms with Crippen LogP contribution in [0.4, 0.5) is 0 Å². The molecule has 0 radical (unpaired) electrons. The average Bonchev–Trinajstić information content (AvgIpc) is 3.66. The van der Waals surface area contributed by atoms with Gasteiger partial charge in [-0.25, -0.2) is 9.98 Å². The molecule has 0 saturated heterocycles. The average molecular weight is 698 g/mol. The molecule has 8 aromatic rings. The maximum Gasteiger partial charge on any atom is 0.161 e. The highest BCUT2D eigenvalue weighted by molar-refractivity contribution is 6.24. The van der Waals surface area contributed by atoms with Crippen LogP contribution < -0.4 is 5.73 Å². The maximum atomic E-state index is 6.48. The molecule has 0 bridgehead atoms. The molecular weight excluding hydrogens is 659 g/mol. The standard InChI is InChI=1S/C49H39N5/c1-34(33-51-48(36-19-8-4-9-20-36)52-47(50)35-17-6-3-7-18-35)49(2)31-16-23-38(30-32-49)54-44-27-15-13-25-40(44)42-29-28-41-39-24-12-14-26-43(39)53(45(41)46(42)54)37-21-10-5-11-22-37/h3-33H,1-2H3,(H2,50,51,52)/b34-33+. The molecule has 1 aliphatic carbocycles. The Bertz CT molecular complexity index is 2880. The van der Waals surface area contributed by atoms with E-state index in [0.717, 1.165) is 33.6 Å². The van der Waals surface area contributed by atoms with E-state index in [1.807, 2.05) is 66.9 Å². The van der Waals surface area contributed by atoms with Gasteiger partial charge in [0.05, 0.1) is 22.1 Å². The number of fused-ring (bicyclic) bond motifs is 7. The zero-order chi connectivity index (χ0) is 36.6. The lowest BCUT2D eigenvalue weighted by Crippen LogP contribution is -2.16. The van der Waals surface area contributed by atoms with Crippen molar-refractivity contribution in [3.05, 3.63) is 205 Å². The van der Waals surface area contributed by atoms with Crippen LogP contribution in [-0.2, 0) is 0 Å². The Labute approximate surface area is 314 Å². The second-order valence-electron chi connectivity index (χ2n) is 14.0. The van der Waals surface area contributed by atoms with Crippen molar-refractivity contribution in [3.8, 4) is 5.69 Å². The monoisotopic (exact) mass is 697 g/mol. The van der Waals surface area contributed by atoms with Gasteiger partial charge in [-0.15, -0.1) is 0 Å². The lowest BCUT2D eigenvalue weighted by Gasteiger charge is -2.22. The summed E-state index contributed by atoms with van der Waals surface area (Å²) in [5.74, 6) is 0.980. The molecular formula is C49H39N5. The number of nitrogens with two attached hydrogens (primary N) is 1. The minimum atomic E-state index is -0.411. The normalized spacial score (nSPS) is 16.8. The van der Waals surface area contributed by atoms with Gasteiger partial charge in [0.1, 0.15) is 5.84 Å². The molecule has 2 heterocycles. The molecule has 0 aliphatic heterocycles. The summed E-state index contributed by atoms with van der Waals surface area (Å²) in [5.41, 5.74) is 15.8. The van der Waals surface area contributed by atoms with Crippen LogP contribution in [-0.4, -0.2) is 20.8 Å². The summed E-state index contributed by atoms with van der Waals surface area (Å²) in [6.07, 6.45) is 13.1. The molecule has 54 heavy (non-hydrogen) atoms. The predicted octanol–water partition coefficient (Wildman–Crippen LogP) is 11.6. The molecule has 0 spiro atoms. The van der Waals surface area contributed by atoms with E-state index in [9.17, 15) is 0 Å². The van der Waals surface area contributed by atoms with E-state index in [-0.39, 0.29) is 0 Å². The molecule has 260 valence electrons. The topological polar surface area (TPSA) is 60.6 Å². The van der Waals surface area contributed by atoms with Crippen molar-refractivity contribution in [1.29, 1.82) is 0 Å². The number of rotatable bonds is 6. The zero-order valence-corrected chi connectivity index (χ0v) is 30.3. The first kappa shape index (κ1) is 32.9. The first-order valence-corrected chi connectivity index (χ1v) is 18.3. The summed E-state index contributed by atoms with van der Waals surface area (Å²) >= 11 is 0. The highest BCUT2D eigenvalue weighted by Gasteiger charge is 2.24. The summed E-state index contributed by atoms with van der Waals surface area (Å²) < 4.78 is 4.86. The number of hydrogen-bond acceptors (Lipinski definition) is 1. The fourth-order valence-corrected chi connectivity index (χ4v) is 7.58. The van der Waals surface area contributed by atoms with E-state index in [1.54, 1.807) is 0 Å². The van der Waals surface area contributed by atoms with E-state index in [1.165, 1.54) is 38.1 Å². The van der Waals surface area contributed by atoms with Crippen LogP contribution in [0, 0.1) is 5.41 Å². The highest BCUT2D eigenvalue weighted by atomic mass is 15.0. The second-order valence-corrected chi connectivity index (χ2v) is 14.0. The minimum Gasteiger partial charge on any atom is -0.383 e. The van der Waals surface area contributed by atoms with Gasteiger partial charge in [0.25, 0.3) is 0 Å². The van der Waals surface area contributed by atoms with E-state index >= 15 is 0 Å². The quantitative estimate of drug-likeness (QED) is 0.136. The fraction of sp³-hybridized carbons (Fsp3) is 0.0612. The Morgan fingerprint density at radius 2 is 1.13 bits per heavy atom. The van der Waals surface area contributed by atoms with Crippen molar-refractivity contribution < 1.29 is 0 Å². The molecule has 2 N–H and O–H groups in total. The number of aliphatic imine (C=N–C) groups is 2. The molecule has 1 unspecified atom stereocenters. The minimum absolute atomic E-state index is 0.411. The summed E-state index contributed by atoms with van der Waals surface area (Å²) in [6.45, 7) is 4.34. The van der Waals surface area contributed by atoms with Gasteiger partial charge in [-0.3, -0.25) is 0 Å². The van der Waals surface area contributed by atoms with E-state index in [2.05, 4.69) is 144 Å². The van der Waals surface area contributed by atoms with Crippen molar-refractivity contribution in [1.82, 2.24) is 9.13 Å². The maximum absolute atomic E-state index is 6.48. The van der Waals surface area contributed by atoms with Gasteiger partial charge in [0.2, 0.25) is 0 Å². The van der Waals surface area contributed by atoms with E-state index in [4.69, 9.17) is 15.7 Å². The molecule has 9 rings (SSSR count). The van der Waals surface area contributed by atoms with E-state index < -0.39 is 5.41 Å². The van der Waals surface area contributed by atoms with Crippen LogP contribution in [0.15, 0.2) is 204 Å². The number of hydrogen-bond donors (Lipinski definition) is 1. The zero-order valence-electron chi connectivity index (χ0n) is 30.3. The number of allylic oxidation sites excluding steroid dienone is 7. The largest absolute Gasteiger partial charge is 0.383 e. The van der Waals surface area contributed by atoms with Crippen LogP contribution in [0.2, 0.25) is 0 Å². The smallest absolute Gasteiger partial charge is 0.161 e. The molecule has 5 nitrogen and oxygen atoms in total. The molecule has 2 aromatic heterocycles. The number of nitrogens with zero attached hydrogens (tertiary/aromatic N) is 4. The third kappa shape index (κ3) is 5.67. The third-order valence-corrected chi connectivity index (χ3v) is 10.6.